The largest absolute Gasteiger partial charge is 0.497 e. The molecule has 0 bridgehead atoms. The van der Waals surface area contributed by atoms with Crippen LogP contribution < -0.4 is 10.1 Å². The number of amides is 1. The third kappa shape index (κ3) is 6.71. The van der Waals surface area contributed by atoms with Crippen LogP contribution in [0.3, 0.4) is 0 Å². The first-order valence-corrected chi connectivity index (χ1v) is 12.7. The predicted molar refractivity (Wildman–Crippen MR) is 144 cm³/mol. The molecule has 8 nitrogen and oxygen atoms in total. The number of aliphatic carboxylic acids is 1. The molecule has 0 aliphatic carbocycles. The summed E-state index contributed by atoms with van der Waals surface area (Å²) in [7, 11) is 1.61. The van der Waals surface area contributed by atoms with Crippen molar-refractivity contribution in [3.05, 3.63) is 88.7 Å². The lowest BCUT2D eigenvalue weighted by Crippen LogP contribution is -2.30. The van der Waals surface area contributed by atoms with E-state index in [0.717, 1.165) is 27.4 Å². The van der Waals surface area contributed by atoms with E-state index in [9.17, 15) is 9.59 Å². The minimum Gasteiger partial charge on any atom is -0.497 e. The molecule has 3 N–H and O–H groups in total. The molecule has 4 rings (SSSR count). The zero-order valence-corrected chi connectivity index (χ0v) is 21.2. The molecular formula is C28H28N4O4S. The van der Waals surface area contributed by atoms with E-state index in [1.54, 1.807) is 11.8 Å². The highest BCUT2D eigenvalue weighted by molar-refractivity contribution is 7.12. The summed E-state index contributed by atoms with van der Waals surface area (Å²) in [5.74, 6) is -0.483. The van der Waals surface area contributed by atoms with Crippen molar-refractivity contribution in [2.45, 2.75) is 31.7 Å². The Morgan fingerprint density at radius 1 is 1.08 bits per heavy atom. The zero-order valence-electron chi connectivity index (χ0n) is 20.4. The van der Waals surface area contributed by atoms with Gasteiger partial charge in [0.15, 0.2) is 0 Å². The molecule has 2 heterocycles. The molecule has 1 atom stereocenters. The van der Waals surface area contributed by atoms with Gasteiger partial charge in [-0.1, -0.05) is 24.3 Å². The number of nitrogens with zero attached hydrogens (tertiary/aromatic N) is 2. The van der Waals surface area contributed by atoms with Gasteiger partial charge in [0, 0.05) is 41.5 Å². The number of nitrogens with one attached hydrogen (secondary N) is 2. The van der Waals surface area contributed by atoms with Crippen LogP contribution in [0.2, 0.25) is 0 Å². The van der Waals surface area contributed by atoms with Crippen molar-refractivity contribution in [1.82, 2.24) is 15.1 Å². The fourth-order valence-electron chi connectivity index (χ4n) is 3.99. The first-order valence-electron chi connectivity index (χ1n) is 11.9. The van der Waals surface area contributed by atoms with Crippen molar-refractivity contribution in [3.8, 4) is 22.7 Å². The molecule has 4 aromatic rings. The highest BCUT2D eigenvalue weighted by atomic mass is 32.1. The molecule has 1 amide bonds. The summed E-state index contributed by atoms with van der Waals surface area (Å²) in [6.07, 6.45) is 2.39. The van der Waals surface area contributed by atoms with Crippen molar-refractivity contribution in [1.29, 1.82) is 5.41 Å². The maximum atomic E-state index is 12.9. The quantitative estimate of drug-likeness (QED) is 0.216. The fourth-order valence-corrected chi connectivity index (χ4v) is 4.68. The van der Waals surface area contributed by atoms with Gasteiger partial charge in [0.1, 0.15) is 5.75 Å². The number of aromatic nitrogens is 2. The lowest BCUT2D eigenvalue weighted by molar-refractivity contribution is -0.137. The highest BCUT2D eigenvalue weighted by Gasteiger charge is 2.25. The minimum atomic E-state index is -0.935. The zero-order chi connectivity index (χ0) is 26.2. The van der Waals surface area contributed by atoms with Crippen LogP contribution in [-0.2, 0) is 9.59 Å². The van der Waals surface area contributed by atoms with Crippen LogP contribution in [0.4, 0.5) is 0 Å². The van der Waals surface area contributed by atoms with Crippen LogP contribution in [-0.4, -0.2) is 39.6 Å². The molecule has 0 aliphatic rings. The Morgan fingerprint density at radius 2 is 1.84 bits per heavy atom. The standard InChI is InChI=1S/C28H28N4O4S/c1-36-21-14-12-19(13-15-21)28-22(18-32(31-28)20-7-3-2-4-8-20)24(17-23(29)25-9-6-16-37-25)30-26(33)10-5-11-27(34)35/h2-4,6-9,12-16,18,24,29H,5,10-11,17H2,1H3,(H,30,33)(H,34,35). The summed E-state index contributed by atoms with van der Waals surface area (Å²) in [6.45, 7) is 0. The number of ether oxygens (including phenoxy) is 1. The Hall–Kier alpha value is -4.24. The second-order valence-electron chi connectivity index (χ2n) is 8.47. The SMILES string of the molecule is COc1ccc(-c2nn(-c3ccccc3)cc2C(CC(=N)c2cccs2)NC(=O)CCCC(=O)O)cc1. The monoisotopic (exact) mass is 516 g/mol. The number of methoxy groups -OCH3 is 1. The normalized spacial score (nSPS) is 11.6. The maximum Gasteiger partial charge on any atom is 0.303 e. The number of carbonyl (C=O) groups excluding carboxylic acids is 1. The smallest absolute Gasteiger partial charge is 0.303 e. The van der Waals surface area contributed by atoms with E-state index in [4.69, 9.17) is 20.4 Å². The van der Waals surface area contributed by atoms with E-state index in [1.165, 1.54) is 11.3 Å². The van der Waals surface area contributed by atoms with Gasteiger partial charge < -0.3 is 20.6 Å². The summed E-state index contributed by atoms with van der Waals surface area (Å²) in [6, 6.07) is 20.5. The van der Waals surface area contributed by atoms with Gasteiger partial charge in [-0.2, -0.15) is 5.10 Å². The first kappa shape index (κ1) is 25.8. The van der Waals surface area contributed by atoms with Crippen molar-refractivity contribution in [2.24, 2.45) is 0 Å². The van der Waals surface area contributed by atoms with Gasteiger partial charge >= 0.3 is 5.97 Å². The van der Waals surface area contributed by atoms with Gasteiger partial charge in [-0.25, -0.2) is 4.68 Å². The van der Waals surface area contributed by atoms with Crippen molar-refractivity contribution < 1.29 is 19.4 Å². The Labute approximate surface area is 219 Å². The van der Waals surface area contributed by atoms with Gasteiger partial charge in [0.2, 0.25) is 5.91 Å². The average Bonchev–Trinajstić information content (AvgIpc) is 3.60. The number of hydrogen-bond acceptors (Lipinski definition) is 6. The van der Waals surface area contributed by atoms with Crippen LogP contribution in [0.1, 0.15) is 42.2 Å². The van der Waals surface area contributed by atoms with E-state index in [1.807, 2.05) is 78.3 Å². The van der Waals surface area contributed by atoms with Crippen molar-refractivity contribution >= 4 is 28.9 Å². The number of rotatable bonds is 12. The second-order valence-corrected chi connectivity index (χ2v) is 9.42. The summed E-state index contributed by atoms with van der Waals surface area (Å²) >= 11 is 1.47. The molecule has 2 aromatic carbocycles. The Balaban J connectivity index is 1.73. The molecule has 0 aliphatic heterocycles. The fraction of sp³-hybridized carbons (Fsp3) is 0.214. The van der Waals surface area contributed by atoms with Gasteiger partial charge in [0.05, 0.1) is 30.2 Å². The Kier molecular flexibility index (Phi) is 8.48. The Morgan fingerprint density at radius 3 is 2.49 bits per heavy atom. The minimum absolute atomic E-state index is 0.0772. The molecule has 0 fully saturated rings. The van der Waals surface area contributed by atoms with Gasteiger partial charge in [0.25, 0.3) is 0 Å². The van der Waals surface area contributed by atoms with Gasteiger partial charge in [-0.3, -0.25) is 9.59 Å². The summed E-state index contributed by atoms with van der Waals surface area (Å²) in [5, 5.41) is 27.5. The first-order chi connectivity index (χ1) is 17.9. The van der Waals surface area contributed by atoms with E-state index in [-0.39, 0.29) is 31.6 Å². The van der Waals surface area contributed by atoms with Crippen molar-refractivity contribution in [2.75, 3.05) is 7.11 Å². The van der Waals surface area contributed by atoms with Crippen LogP contribution in [0, 0.1) is 5.41 Å². The number of carbonyl (C=O) groups is 2. The molecular weight excluding hydrogens is 488 g/mol. The maximum absolute atomic E-state index is 12.9. The molecule has 0 radical (unpaired) electrons. The van der Waals surface area contributed by atoms with E-state index >= 15 is 0 Å². The van der Waals surface area contributed by atoms with Gasteiger partial charge in [-0.15, -0.1) is 11.3 Å². The molecule has 0 saturated heterocycles. The number of thiophene rings is 1. The number of carboxylic acids is 1. The number of para-hydroxylation sites is 1. The lowest BCUT2D eigenvalue weighted by atomic mass is 9.97. The number of hydrogen-bond donors (Lipinski definition) is 3. The van der Waals surface area contributed by atoms with Gasteiger partial charge in [-0.05, 0) is 54.3 Å². The van der Waals surface area contributed by atoms with Crippen LogP contribution >= 0.6 is 11.3 Å². The summed E-state index contributed by atoms with van der Waals surface area (Å²) in [5.41, 5.74) is 3.56. The molecule has 9 heteroatoms. The van der Waals surface area contributed by atoms with Crippen LogP contribution in [0.5, 0.6) is 5.75 Å². The third-order valence-corrected chi connectivity index (χ3v) is 6.79. The molecule has 37 heavy (non-hydrogen) atoms. The van der Waals surface area contributed by atoms with E-state index in [0.29, 0.717) is 11.4 Å². The molecule has 0 saturated carbocycles. The lowest BCUT2D eigenvalue weighted by Gasteiger charge is -2.19. The summed E-state index contributed by atoms with van der Waals surface area (Å²) in [4.78, 5) is 24.6. The second kappa shape index (κ2) is 12.1. The third-order valence-electron chi connectivity index (χ3n) is 5.86. The predicted octanol–water partition coefficient (Wildman–Crippen LogP) is 5.48. The number of carboxylic acid groups (broad SMARTS) is 1. The molecule has 190 valence electrons. The topological polar surface area (TPSA) is 117 Å². The highest BCUT2D eigenvalue weighted by Crippen LogP contribution is 2.32. The molecule has 0 spiro atoms. The van der Waals surface area contributed by atoms with Crippen molar-refractivity contribution in [3.63, 3.8) is 0 Å². The number of benzene rings is 2. The summed E-state index contributed by atoms with van der Waals surface area (Å²) < 4.78 is 7.08. The average molecular weight is 517 g/mol. The van der Waals surface area contributed by atoms with E-state index < -0.39 is 12.0 Å². The van der Waals surface area contributed by atoms with E-state index in [2.05, 4.69) is 5.32 Å². The van der Waals surface area contributed by atoms with Crippen LogP contribution in [0.25, 0.3) is 16.9 Å². The molecule has 2 aromatic heterocycles. The Bertz CT molecular complexity index is 1350. The molecule has 1 unspecified atom stereocenters. The van der Waals surface area contributed by atoms with Crippen LogP contribution in [0.15, 0.2) is 78.3 Å².